The van der Waals surface area contributed by atoms with Gasteiger partial charge in [0, 0.05) is 0 Å². The van der Waals surface area contributed by atoms with Gasteiger partial charge in [0.15, 0.2) is 0 Å². The molecule has 0 radical (unpaired) electrons. The Morgan fingerprint density at radius 3 is 2.52 bits per heavy atom. The van der Waals surface area contributed by atoms with Crippen LogP contribution in [-0.2, 0) is 14.3 Å². The van der Waals surface area contributed by atoms with Crippen LogP contribution in [0.3, 0.4) is 0 Å². The van der Waals surface area contributed by atoms with E-state index < -0.39 is 28.6 Å². The highest BCUT2D eigenvalue weighted by atomic mass is 32.2. The minimum Gasteiger partial charge on any atom is -0.464 e. The Morgan fingerprint density at radius 1 is 1.43 bits per heavy atom. The molecular formula is C14H26N2O4S. The van der Waals surface area contributed by atoms with Crippen molar-refractivity contribution in [3.63, 3.8) is 0 Å². The summed E-state index contributed by atoms with van der Waals surface area (Å²) in [5, 5.41) is 0. The van der Waals surface area contributed by atoms with Crippen LogP contribution in [0.1, 0.15) is 40.5 Å². The van der Waals surface area contributed by atoms with Crippen molar-refractivity contribution in [3.8, 4) is 0 Å². The fourth-order valence-electron chi connectivity index (χ4n) is 2.18. The third-order valence-electron chi connectivity index (χ3n) is 3.25. The molecule has 122 valence electrons. The number of likely N-dealkylation sites (tertiary alicyclic amines) is 1. The second kappa shape index (κ2) is 6.87. The number of hydrogen-bond donors (Lipinski definition) is 1. The van der Waals surface area contributed by atoms with Crippen molar-refractivity contribution in [1.82, 2.24) is 4.90 Å². The highest BCUT2D eigenvalue weighted by Gasteiger charge is 2.43. The van der Waals surface area contributed by atoms with E-state index in [1.165, 1.54) is 16.7 Å². The summed E-state index contributed by atoms with van der Waals surface area (Å²) in [7, 11) is 0. The molecule has 1 saturated heterocycles. The van der Waals surface area contributed by atoms with Gasteiger partial charge in [0.05, 0.1) is 18.0 Å². The fourth-order valence-corrected chi connectivity index (χ4v) is 2.77. The average molecular weight is 318 g/mol. The summed E-state index contributed by atoms with van der Waals surface area (Å²) >= 11 is 1.49. The maximum atomic E-state index is 12.4. The van der Waals surface area contributed by atoms with E-state index in [-0.39, 0.29) is 13.2 Å². The largest absolute Gasteiger partial charge is 0.464 e. The Kier molecular flexibility index (Phi) is 5.92. The van der Waals surface area contributed by atoms with Crippen molar-refractivity contribution < 1.29 is 19.1 Å². The van der Waals surface area contributed by atoms with Crippen LogP contribution in [0.2, 0.25) is 0 Å². The molecule has 1 rings (SSSR count). The van der Waals surface area contributed by atoms with Crippen LogP contribution >= 0.6 is 11.8 Å². The van der Waals surface area contributed by atoms with E-state index in [9.17, 15) is 9.59 Å². The molecule has 0 bridgehead atoms. The van der Waals surface area contributed by atoms with Crippen LogP contribution < -0.4 is 5.73 Å². The third kappa shape index (κ3) is 5.07. The van der Waals surface area contributed by atoms with Gasteiger partial charge in [-0.2, -0.15) is 0 Å². The van der Waals surface area contributed by atoms with Crippen LogP contribution in [0.25, 0.3) is 0 Å². The highest BCUT2D eigenvalue weighted by molar-refractivity contribution is 7.99. The Labute approximate surface area is 130 Å². The summed E-state index contributed by atoms with van der Waals surface area (Å²) in [5.74, 6) is -0.397. The standard InChI is InChI=1S/C14H26N2O4S/c1-6-19-11(17)10-7-8-14(15,21-5)9-16(10)12(18)20-13(2,3)4/h10H,6-9,15H2,1-5H3/t10-,14-/m1/s1. The SMILES string of the molecule is CCOC(=O)[C@H]1CC[C@@](N)(SC)CN1C(=O)OC(C)(C)C. The Hall–Kier alpha value is -0.950. The van der Waals surface area contributed by atoms with E-state index in [0.717, 1.165) is 0 Å². The van der Waals surface area contributed by atoms with Crippen molar-refractivity contribution in [2.45, 2.75) is 57.1 Å². The lowest BCUT2D eigenvalue weighted by Gasteiger charge is -2.43. The summed E-state index contributed by atoms with van der Waals surface area (Å²) < 4.78 is 10.4. The monoisotopic (exact) mass is 318 g/mol. The summed E-state index contributed by atoms with van der Waals surface area (Å²) in [4.78, 5) is 25.3. The minimum atomic E-state index is -0.622. The molecule has 1 fully saturated rings. The van der Waals surface area contributed by atoms with E-state index in [2.05, 4.69) is 0 Å². The molecule has 0 spiro atoms. The van der Waals surface area contributed by atoms with Gasteiger partial charge in [-0.15, -0.1) is 11.8 Å². The van der Waals surface area contributed by atoms with Crippen LogP contribution in [0.15, 0.2) is 0 Å². The molecule has 0 aromatic heterocycles. The first-order chi connectivity index (χ1) is 9.62. The average Bonchev–Trinajstić information content (AvgIpc) is 2.37. The number of esters is 1. The van der Waals surface area contributed by atoms with Crippen LogP contribution in [0.5, 0.6) is 0 Å². The van der Waals surface area contributed by atoms with Crippen molar-refractivity contribution in [3.05, 3.63) is 0 Å². The van der Waals surface area contributed by atoms with Gasteiger partial charge in [-0.3, -0.25) is 4.90 Å². The first kappa shape index (κ1) is 18.1. The second-order valence-electron chi connectivity index (χ2n) is 6.18. The van der Waals surface area contributed by atoms with Gasteiger partial charge in [-0.25, -0.2) is 9.59 Å². The first-order valence-corrected chi connectivity index (χ1v) is 8.34. The molecule has 0 aromatic rings. The quantitative estimate of drug-likeness (QED) is 0.633. The lowest BCUT2D eigenvalue weighted by Crippen LogP contribution is -2.60. The van der Waals surface area contributed by atoms with Gasteiger partial charge in [-0.05, 0) is 46.8 Å². The number of carbonyl (C=O) groups is 2. The molecule has 7 heteroatoms. The normalized spacial score (nSPS) is 26.4. The van der Waals surface area contributed by atoms with Crippen LogP contribution in [-0.4, -0.2) is 52.9 Å². The van der Waals surface area contributed by atoms with Crippen LogP contribution in [0, 0.1) is 0 Å². The van der Waals surface area contributed by atoms with Crippen molar-refractivity contribution in [2.75, 3.05) is 19.4 Å². The molecule has 1 aliphatic heterocycles. The molecular weight excluding hydrogens is 292 g/mol. The van der Waals surface area contributed by atoms with Gasteiger partial charge in [0.2, 0.25) is 0 Å². The Balaban J connectivity index is 2.92. The maximum absolute atomic E-state index is 12.4. The Morgan fingerprint density at radius 2 is 2.05 bits per heavy atom. The summed E-state index contributed by atoms with van der Waals surface area (Å²) in [6.45, 7) is 7.67. The predicted octanol–water partition coefficient (Wildman–Crippen LogP) is 1.97. The molecule has 0 unspecified atom stereocenters. The summed E-state index contributed by atoms with van der Waals surface area (Å²) in [6, 6.07) is -0.622. The molecule has 0 saturated carbocycles. The number of amides is 1. The number of hydrogen-bond acceptors (Lipinski definition) is 6. The van der Waals surface area contributed by atoms with Crippen LogP contribution in [0.4, 0.5) is 4.79 Å². The molecule has 6 nitrogen and oxygen atoms in total. The minimum absolute atomic E-state index is 0.270. The van der Waals surface area contributed by atoms with E-state index in [1.807, 2.05) is 6.26 Å². The summed E-state index contributed by atoms with van der Waals surface area (Å²) in [6.07, 6.45) is 2.51. The van der Waals surface area contributed by atoms with E-state index in [1.54, 1.807) is 27.7 Å². The molecule has 1 aliphatic rings. The number of ether oxygens (including phenoxy) is 2. The van der Waals surface area contributed by atoms with Gasteiger partial charge >= 0.3 is 12.1 Å². The molecule has 2 atom stereocenters. The number of carbonyl (C=O) groups excluding carboxylic acids is 2. The van der Waals surface area contributed by atoms with Gasteiger partial charge < -0.3 is 15.2 Å². The van der Waals surface area contributed by atoms with Crippen molar-refractivity contribution in [1.29, 1.82) is 0 Å². The first-order valence-electron chi connectivity index (χ1n) is 7.12. The number of nitrogens with zero attached hydrogens (tertiary/aromatic N) is 1. The highest BCUT2D eigenvalue weighted by Crippen LogP contribution is 2.32. The van der Waals surface area contributed by atoms with Crippen molar-refractivity contribution in [2.24, 2.45) is 5.73 Å². The number of nitrogens with two attached hydrogens (primary N) is 1. The second-order valence-corrected chi connectivity index (χ2v) is 7.40. The zero-order valence-corrected chi connectivity index (χ0v) is 14.3. The number of piperidine rings is 1. The molecule has 1 amide bonds. The Bertz CT molecular complexity index is 397. The summed E-state index contributed by atoms with van der Waals surface area (Å²) in [5.41, 5.74) is 5.63. The number of thioether (sulfide) groups is 1. The lowest BCUT2D eigenvalue weighted by atomic mass is 9.98. The smallest absolute Gasteiger partial charge is 0.411 e. The topological polar surface area (TPSA) is 81.9 Å². The molecule has 2 N–H and O–H groups in total. The molecule has 0 aromatic carbocycles. The third-order valence-corrected chi connectivity index (χ3v) is 4.39. The van der Waals surface area contributed by atoms with E-state index in [0.29, 0.717) is 12.8 Å². The van der Waals surface area contributed by atoms with Crippen molar-refractivity contribution >= 4 is 23.8 Å². The molecule has 0 aliphatic carbocycles. The van der Waals surface area contributed by atoms with E-state index >= 15 is 0 Å². The zero-order chi connectivity index (χ0) is 16.3. The molecule has 21 heavy (non-hydrogen) atoms. The molecule has 1 heterocycles. The fraction of sp³-hybridized carbons (Fsp3) is 0.857. The zero-order valence-electron chi connectivity index (χ0n) is 13.5. The lowest BCUT2D eigenvalue weighted by molar-refractivity contribution is -0.150. The number of rotatable bonds is 3. The predicted molar refractivity (Wildman–Crippen MR) is 83.0 cm³/mol. The van der Waals surface area contributed by atoms with E-state index in [4.69, 9.17) is 15.2 Å². The van der Waals surface area contributed by atoms with Gasteiger partial charge in [-0.1, -0.05) is 0 Å². The maximum Gasteiger partial charge on any atom is 0.411 e. The van der Waals surface area contributed by atoms with Gasteiger partial charge in [0.1, 0.15) is 11.6 Å². The van der Waals surface area contributed by atoms with Gasteiger partial charge in [0.25, 0.3) is 0 Å².